The lowest BCUT2D eigenvalue weighted by atomic mass is 10.1. The van der Waals surface area contributed by atoms with Gasteiger partial charge in [-0.3, -0.25) is 4.79 Å². The second kappa shape index (κ2) is 6.52. The Hall–Kier alpha value is -2.49. The Balaban J connectivity index is 1.86. The van der Waals surface area contributed by atoms with Gasteiger partial charge in [-0.1, -0.05) is 42.5 Å². The summed E-state index contributed by atoms with van der Waals surface area (Å²) in [6, 6.07) is 17.3. The van der Waals surface area contributed by atoms with E-state index in [4.69, 9.17) is 4.74 Å². The zero-order chi connectivity index (χ0) is 15.4. The van der Waals surface area contributed by atoms with Gasteiger partial charge in [0.2, 0.25) is 5.91 Å². The predicted octanol–water partition coefficient (Wildman–Crippen LogP) is 3.13. The molecule has 1 aliphatic rings. The number of amides is 1. The van der Waals surface area contributed by atoms with E-state index in [1.807, 2.05) is 54.6 Å². The summed E-state index contributed by atoms with van der Waals surface area (Å²) in [7, 11) is 1.63. The monoisotopic (exact) mass is 296 g/mol. The molecule has 114 valence electrons. The minimum atomic E-state index is -0.432. The Morgan fingerprint density at radius 1 is 1.09 bits per heavy atom. The second-order valence-corrected chi connectivity index (χ2v) is 5.47. The van der Waals surface area contributed by atoms with Gasteiger partial charge >= 0.3 is 0 Å². The van der Waals surface area contributed by atoms with Gasteiger partial charge in [0, 0.05) is 6.04 Å². The molecular weight excluding hydrogens is 276 g/mol. The molecule has 1 saturated carbocycles. The second-order valence-electron chi connectivity index (χ2n) is 5.47. The van der Waals surface area contributed by atoms with Crippen LogP contribution in [0.15, 0.2) is 54.6 Å². The van der Waals surface area contributed by atoms with Gasteiger partial charge in [-0.15, -0.1) is 0 Å². The van der Waals surface area contributed by atoms with Crippen molar-refractivity contribution >= 4 is 11.6 Å². The summed E-state index contributed by atoms with van der Waals surface area (Å²) in [5.41, 5.74) is 1.75. The highest BCUT2D eigenvalue weighted by atomic mass is 16.5. The molecule has 0 aromatic heterocycles. The van der Waals surface area contributed by atoms with Crippen molar-refractivity contribution < 1.29 is 9.53 Å². The Morgan fingerprint density at radius 2 is 1.77 bits per heavy atom. The van der Waals surface area contributed by atoms with Crippen molar-refractivity contribution in [2.75, 3.05) is 12.4 Å². The molecule has 2 N–H and O–H groups in total. The SMILES string of the molecule is COc1ccccc1N[C@H](C(=O)NC1CC1)c1ccccc1. The van der Waals surface area contributed by atoms with Gasteiger partial charge in [0.05, 0.1) is 12.8 Å². The molecule has 0 bridgehead atoms. The third kappa shape index (κ3) is 3.39. The average Bonchev–Trinajstić information content (AvgIpc) is 3.37. The van der Waals surface area contributed by atoms with Crippen LogP contribution in [-0.4, -0.2) is 19.1 Å². The maximum Gasteiger partial charge on any atom is 0.247 e. The number of hydrogen-bond donors (Lipinski definition) is 2. The molecule has 1 atom stereocenters. The van der Waals surface area contributed by atoms with Crippen molar-refractivity contribution in [3.8, 4) is 5.75 Å². The molecule has 0 heterocycles. The Bertz CT molecular complexity index is 639. The van der Waals surface area contributed by atoms with E-state index in [-0.39, 0.29) is 5.91 Å². The van der Waals surface area contributed by atoms with Crippen molar-refractivity contribution in [1.29, 1.82) is 0 Å². The smallest absolute Gasteiger partial charge is 0.247 e. The van der Waals surface area contributed by atoms with Crippen molar-refractivity contribution in [1.82, 2.24) is 5.32 Å². The number of ether oxygens (including phenoxy) is 1. The minimum Gasteiger partial charge on any atom is -0.495 e. The maximum absolute atomic E-state index is 12.6. The van der Waals surface area contributed by atoms with E-state index in [1.165, 1.54) is 0 Å². The fraction of sp³-hybridized carbons (Fsp3) is 0.278. The molecule has 0 aliphatic heterocycles. The summed E-state index contributed by atoms with van der Waals surface area (Å²) < 4.78 is 5.36. The summed E-state index contributed by atoms with van der Waals surface area (Å²) >= 11 is 0. The number of hydrogen-bond acceptors (Lipinski definition) is 3. The quantitative estimate of drug-likeness (QED) is 0.861. The number of nitrogens with one attached hydrogen (secondary N) is 2. The van der Waals surface area contributed by atoms with Crippen molar-refractivity contribution in [2.45, 2.75) is 24.9 Å². The zero-order valence-electron chi connectivity index (χ0n) is 12.6. The summed E-state index contributed by atoms with van der Waals surface area (Å²) in [6.07, 6.45) is 2.14. The van der Waals surface area contributed by atoms with Gasteiger partial charge in [0.25, 0.3) is 0 Å². The van der Waals surface area contributed by atoms with Crippen LogP contribution < -0.4 is 15.4 Å². The molecule has 3 rings (SSSR count). The van der Waals surface area contributed by atoms with Crippen molar-refractivity contribution in [2.24, 2.45) is 0 Å². The van der Waals surface area contributed by atoms with Gasteiger partial charge in [0.1, 0.15) is 11.8 Å². The van der Waals surface area contributed by atoms with Crippen LogP contribution >= 0.6 is 0 Å². The first-order chi connectivity index (χ1) is 10.8. The Morgan fingerprint density at radius 3 is 2.45 bits per heavy atom. The molecule has 4 heteroatoms. The summed E-state index contributed by atoms with van der Waals surface area (Å²) in [6.45, 7) is 0. The summed E-state index contributed by atoms with van der Waals surface area (Å²) in [5, 5.41) is 6.38. The molecule has 2 aromatic rings. The van der Waals surface area contributed by atoms with E-state index in [2.05, 4.69) is 10.6 Å². The number of carbonyl (C=O) groups excluding carboxylic acids is 1. The molecule has 1 amide bonds. The molecule has 4 nitrogen and oxygen atoms in total. The zero-order valence-corrected chi connectivity index (χ0v) is 12.6. The molecule has 22 heavy (non-hydrogen) atoms. The number of methoxy groups -OCH3 is 1. The first kappa shape index (κ1) is 14.4. The van der Waals surface area contributed by atoms with Crippen LogP contribution in [0.3, 0.4) is 0 Å². The van der Waals surface area contributed by atoms with Crippen LogP contribution in [0.4, 0.5) is 5.69 Å². The highest BCUT2D eigenvalue weighted by Gasteiger charge is 2.28. The lowest BCUT2D eigenvalue weighted by molar-refractivity contribution is -0.122. The molecule has 1 fully saturated rings. The lowest BCUT2D eigenvalue weighted by Gasteiger charge is -2.21. The number of benzene rings is 2. The van der Waals surface area contributed by atoms with E-state index in [9.17, 15) is 4.79 Å². The Labute approximate surface area is 130 Å². The van der Waals surface area contributed by atoms with Gasteiger partial charge < -0.3 is 15.4 Å². The average molecular weight is 296 g/mol. The summed E-state index contributed by atoms with van der Waals surface area (Å²) in [4.78, 5) is 12.6. The third-order valence-corrected chi connectivity index (χ3v) is 3.73. The van der Waals surface area contributed by atoms with Crippen LogP contribution in [-0.2, 0) is 4.79 Å². The van der Waals surface area contributed by atoms with Crippen molar-refractivity contribution in [3.05, 3.63) is 60.2 Å². The highest BCUT2D eigenvalue weighted by Crippen LogP contribution is 2.29. The lowest BCUT2D eigenvalue weighted by Crippen LogP contribution is -2.34. The predicted molar refractivity (Wildman–Crippen MR) is 87.0 cm³/mol. The van der Waals surface area contributed by atoms with Crippen LogP contribution in [0.1, 0.15) is 24.4 Å². The number of rotatable bonds is 6. The molecular formula is C18H20N2O2. The van der Waals surface area contributed by atoms with Gasteiger partial charge in [-0.25, -0.2) is 0 Å². The molecule has 1 aliphatic carbocycles. The normalized spacial score (nSPS) is 15.0. The molecule has 2 aromatic carbocycles. The van der Waals surface area contributed by atoms with Crippen LogP contribution in [0.25, 0.3) is 0 Å². The van der Waals surface area contributed by atoms with E-state index >= 15 is 0 Å². The molecule has 0 radical (unpaired) electrons. The van der Waals surface area contributed by atoms with Crippen LogP contribution in [0, 0.1) is 0 Å². The molecule has 0 spiro atoms. The third-order valence-electron chi connectivity index (χ3n) is 3.73. The maximum atomic E-state index is 12.6. The Kier molecular flexibility index (Phi) is 4.28. The van der Waals surface area contributed by atoms with Gasteiger partial charge in [-0.05, 0) is 30.5 Å². The van der Waals surface area contributed by atoms with Crippen molar-refractivity contribution in [3.63, 3.8) is 0 Å². The van der Waals surface area contributed by atoms with E-state index in [0.29, 0.717) is 6.04 Å². The summed E-state index contributed by atoms with van der Waals surface area (Å²) in [5.74, 6) is 0.724. The van der Waals surface area contributed by atoms with Crippen LogP contribution in [0.5, 0.6) is 5.75 Å². The standard InChI is InChI=1S/C18H20N2O2/c1-22-16-10-6-5-9-15(16)20-17(13-7-3-2-4-8-13)18(21)19-14-11-12-14/h2-10,14,17,20H,11-12H2,1H3,(H,19,21)/t17-/m0/s1. The largest absolute Gasteiger partial charge is 0.495 e. The molecule has 0 unspecified atom stereocenters. The van der Waals surface area contributed by atoms with E-state index in [0.717, 1.165) is 29.8 Å². The van der Waals surface area contributed by atoms with Crippen LogP contribution in [0.2, 0.25) is 0 Å². The fourth-order valence-electron chi connectivity index (χ4n) is 2.38. The number of carbonyl (C=O) groups is 1. The highest BCUT2D eigenvalue weighted by molar-refractivity contribution is 5.87. The van der Waals surface area contributed by atoms with Gasteiger partial charge in [0.15, 0.2) is 0 Å². The number of para-hydroxylation sites is 2. The van der Waals surface area contributed by atoms with E-state index < -0.39 is 6.04 Å². The topological polar surface area (TPSA) is 50.4 Å². The number of anilines is 1. The first-order valence-corrected chi connectivity index (χ1v) is 7.53. The fourth-order valence-corrected chi connectivity index (χ4v) is 2.38. The molecule has 0 saturated heterocycles. The van der Waals surface area contributed by atoms with E-state index in [1.54, 1.807) is 7.11 Å². The first-order valence-electron chi connectivity index (χ1n) is 7.53. The van der Waals surface area contributed by atoms with Gasteiger partial charge in [-0.2, -0.15) is 0 Å². The minimum absolute atomic E-state index is 0.000365.